The number of aryl methyl sites for hydroxylation is 1. The summed E-state index contributed by atoms with van der Waals surface area (Å²) >= 11 is 2.19. The molecule has 0 radical (unpaired) electrons. The first-order valence-corrected chi connectivity index (χ1v) is 6.04. The van der Waals surface area contributed by atoms with Crippen LogP contribution in [0.2, 0.25) is 0 Å². The van der Waals surface area contributed by atoms with Gasteiger partial charge < -0.3 is 9.63 Å². The van der Waals surface area contributed by atoms with Gasteiger partial charge in [0.25, 0.3) is 0 Å². The van der Waals surface area contributed by atoms with Gasteiger partial charge in [0, 0.05) is 15.6 Å². The molecule has 1 N–H and O–H groups in total. The fraction of sp³-hybridized carbons (Fsp3) is 0.182. The zero-order valence-electron chi connectivity index (χ0n) is 8.76. The topological polar surface area (TPSA) is 76.2 Å². The zero-order chi connectivity index (χ0) is 12.3. The van der Waals surface area contributed by atoms with Crippen molar-refractivity contribution >= 4 is 28.6 Å². The second-order valence-electron chi connectivity index (χ2n) is 3.39. The van der Waals surface area contributed by atoms with E-state index in [1.807, 2.05) is 24.3 Å². The predicted molar refractivity (Wildman–Crippen MR) is 68.4 cm³/mol. The summed E-state index contributed by atoms with van der Waals surface area (Å²) in [7, 11) is 0. The molecule has 0 unspecified atom stereocenters. The molecule has 0 aliphatic rings. The molecule has 2 aromatic rings. The highest BCUT2D eigenvalue weighted by atomic mass is 127. The summed E-state index contributed by atoms with van der Waals surface area (Å²) < 4.78 is 6.02. The minimum absolute atomic E-state index is 0.00643. The molecule has 0 atom stereocenters. The van der Waals surface area contributed by atoms with E-state index in [0.29, 0.717) is 11.7 Å². The summed E-state index contributed by atoms with van der Waals surface area (Å²) in [5.41, 5.74) is 0.887. The average Bonchev–Trinajstić information content (AvgIpc) is 2.75. The van der Waals surface area contributed by atoms with Crippen molar-refractivity contribution in [2.24, 2.45) is 0 Å². The Morgan fingerprint density at radius 2 is 2.18 bits per heavy atom. The smallest absolute Gasteiger partial charge is 0.303 e. The molecule has 0 fully saturated rings. The van der Waals surface area contributed by atoms with Crippen LogP contribution < -0.4 is 0 Å². The molecule has 0 bridgehead atoms. The molecule has 0 amide bonds. The van der Waals surface area contributed by atoms with Crippen molar-refractivity contribution in [1.82, 2.24) is 10.1 Å². The van der Waals surface area contributed by atoms with E-state index >= 15 is 0 Å². The van der Waals surface area contributed by atoms with E-state index in [1.54, 1.807) is 0 Å². The van der Waals surface area contributed by atoms with Gasteiger partial charge in [0.15, 0.2) is 0 Å². The second kappa shape index (κ2) is 5.26. The molecular weight excluding hydrogens is 335 g/mol. The Morgan fingerprint density at radius 1 is 1.41 bits per heavy atom. The number of aromatic nitrogens is 2. The highest BCUT2D eigenvalue weighted by Gasteiger charge is 2.11. The van der Waals surface area contributed by atoms with Crippen LogP contribution in [0, 0.1) is 3.57 Å². The normalized spacial score (nSPS) is 10.4. The lowest BCUT2D eigenvalue weighted by Gasteiger charge is -1.96. The number of nitrogens with zero attached hydrogens (tertiary/aromatic N) is 2. The highest BCUT2D eigenvalue weighted by molar-refractivity contribution is 14.1. The van der Waals surface area contributed by atoms with Crippen molar-refractivity contribution in [3.05, 3.63) is 33.7 Å². The molecule has 1 aromatic heterocycles. The molecule has 0 saturated carbocycles. The van der Waals surface area contributed by atoms with E-state index in [-0.39, 0.29) is 12.8 Å². The molecule has 5 nitrogen and oxygen atoms in total. The van der Waals surface area contributed by atoms with Crippen LogP contribution in [0.3, 0.4) is 0 Å². The van der Waals surface area contributed by atoms with Gasteiger partial charge in [0.1, 0.15) is 0 Å². The first-order valence-electron chi connectivity index (χ1n) is 4.96. The third kappa shape index (κ3) is 3.02. The van der Waals surface area contributed by atoms with Crippen LogP contribution in [0.4, 0.5) is 0 Å². The van der Waals surface area contributed by atoms with Crippen LogP contribution in [0.15, 0.2) is 28.8 Å². The maximum atomic E-state index is 10.4. The standard InChI is InChI=1S/C11H9IN2O3/c12-8-4-2-1-3-7(8)11-13-9(17-14-11)5-6-10(15)16/h1-4H,5-6H2,(H,15,16). The van der Waals surface area contributed by atoms with Crippen molar-refractivity contribution < 1.29 is 14.4 Å². The third-order valence-corrected chi connectivity index (χ3v) is 3.08. The van der Waals surface area contributed by atoms with Gasteiger partial charge in [-0.05, 0) is 34.7 Å². The second-order valence-corrected chi connectivity index (χ2v) is 4.55. The summed E-state index contributed by atoms with van der Waals surface area (Å²) in [4.78, 5) is 14.6. The Bertz CT molecular complexity index is 539. The van der Waals surface area contributed by atoms with Gasteiger partial charge in [-0.15, -0.1) is 0 Å². The first kappa shape index (κ1) is 12.0. The van der Waals surface area contributed by atoms with E-state index in [2.05, 4.69) is 32.7 Å². The number of aliphatic carboxylic acids is 1. The summed E-state index contributed by atoms with van der Waals surface area (Å²) in [5.74, 6) is -0.0310. The Hall–Kier alpha value is -1.44. The molecule has 6 heteroatoms. The molecule has 1 heterocycles. The lowest BCUT2D eigenvalue weighted by Crippen LogP contribution is -1.97. The molecular formula is C11H9IN2O3. The number of carboxylic acids is 1. The number of carbonyl (C=O) groups is 1. The fourth-order valence-electron chi connectivity index (χ4n) is 1.32. The number of hydrogen-bond acceptors (Lipinski definition) is 4. The first-order chi connectivity index (χ1) is 8.16. The maximum Gasteiger partial charge on any atom is 0.303 e. The van der Waals surface area contributed by atoms with E-state index in [4.69, 9.17) is 9.63 Å². The van der Waals surface area contributed by atoms with Crippen LogP contribution in [0.25, 0.3) is 11.4 Å². The van der Waals surface area contributed by atoms with Gasteiger partial charge in [-0.1, -0.05) is 17.3 Å². The van der Waals surface area contributed by atoms with Gasteiger partial charge in [0.2, 0.25) is 11.7 Å². The third-order valence-electron chi connectivity index (χ3n) is 2.14. The molecule has 88 valence electrons. The van der Waals surface area contributed by atoms with Crippen LogP contribution in [0.1, 0.15) is 12.3 Å². The zero-order valence-corrected chi connectivity index (χ0v) is 10.9. The van der Waals surface area contributed by atoms with Gasteiger partial charge >= 0.3 is 5.97 Å². The molecule has 2 rings (SSSR count). The molecule has 0 saturated heterocycles. The number of rotatable bonds is 4. The molecule has 17 heavy (non-hydrogen) atoms. The van der Waals surface area contributed by atoms with Crippen molar-refractivity contribution in [2.45, 2.75) is 12.8 Å². The number of benzene rings is 1. The predicted octanol–water partition coefficient (Wildman–Crippen LogP) is 2.36. The van der Waals surface area contributed by atoms with Crippen molar-refractivity contribution in [3.63, 3.8) is 0 Å². The van der Waals surface area contributed by atoms with Crippen LogP contribution in [-0.2, 0) is 11.2 Å². The van der Waals surface area contributed by atoms with Crippen LogP contribution in [0.5, 0.6) is 0 Å². The lowest BCUT2D eigenvalue weighted by molar-refractivity contribution is -0.137. The Labute approximate surface area is 111 Å². The van der Waals surface area contributed by atoms with E-state index in [9.17, 15) is 4.79 Å². The monoisotopic (exact) mass is 344 g/mol. The summed E-state index contributed by atoms with van der Waals surface area (Å²) in [6.45, 7) is 0. The highest BCUT2D eigenvalue weighted by Crippen LogP contribution is 2.22. The summed E-state index contributed by atoms with van der Waals surface area (Å²) in [5, 5.41) is 12.4. The molecule has 1 aromatic carbocycles. The van der Waals surface area contributed by atoms with Gasteiger partial charge in [-0.2, -0.15) is 4.98 Å². The Morgan fingerprint density at radius 3 is 2.88 bits per heavy atom. The number of halogens is 1. The SMILES string of the molecule is O=C(O)CCc1nc(-c2ccccc2I)no1. The molecule has 0 aliphatic heterocycles. The van der Waals surface area contributed by atoms with E-state index in [1.165, 1.54) is 0 Å². The lowest BCUT2D eigenvalue weighted by atomic mass is 10.2. The minimum atomic E-state index is -0.876. The largest absolute Gasteiger partial charge is 0.481 e. The van der Waals surface area contributed by atoms with Crippen LogP contribution in [-0.4, -0.2) is 21.2 Å². The molecule has 0 spiro atoms. The van der Waals surface area contributed by atoms with E-state index < -0.39 is 5.97 Å². The van der Waals surface area contributed by atoms with E-state index in [0.717, 1.165) is 9.13 Å². The minimum Gasteiger partial charge on any atom is -0.481 e. The van der Waals surface area contributed by atoms with Gasteiger partial charge in [0.05, 0.1) is 6.42 Å². The Kier molecular flexibility index (Phi) is 3.72. The fourth-order valence-corrected chi connectivity index (χ4v) is 1.95. The molecule has 0 aliphatic carbocycles. The van der Waals surface area contributed by atoms with Crippen molar-refractivity contribution in [1.29, 1.82) is 0 Å². The van der Waals surface area contributed by atoms with Crippen LogP contribution >= 0.6 is 22.6 Å². The summed E-state index contributed by atoms with van der Waals surface area (Å²) in [6, 6.07) is 7.66. The van der Waals surface area contributed by atoms with Gasteiger partial charge in [-0.25, -0.2) is 0 Å². The quantitative estimate of drug-likeness (QED) is 0.862. The van der Waals surface area contributed by atoms with Crippen molar-refractivity contribution in [2.75, 3.05) is 0 Å². The average molecular weight is 344 g/mol. The van der Waals surface area contributed by atoms with Crippen molar-refractivity contribution in [3.8, 4) is 11.4 Å². The Balaban J connectivity index is 2.18. The maximum absolute atomic E-state index is 10.4. The summed E-state index contributed by atoms with van der Waals surface area (Å²) in [6.07, 6.45) is 0.249. The number of carboxylic acid groups (broad SMARTS) is 1. The van der Waals surface area contributed by atoms with Gasteiger partial charge in [-0.3, -0.25) is 4.79 Å². The number of hydrogen-bond donors (Lipinski definition) is 1.